The van der Waals surface area contributed by atoms with Crippen LogP contribution < -0.4 is 11.2 Å². The van der Waals surface area contributed by atoms with Gasteiger partial charge in [0.05, 0.1) is 5.57 Å². The third kappa shape index (κ3) is 1.50. The third-order valence-corrected chi connectivity index (χ3v) is 1.91. The molecule has 0 fully saturated rings. The summed E-state index contributed by atoms with van der Waals surface area (Å²) < 4.78 is 0. The van der Waals surface area contributed by atoms with Gasteiger partial charge in [0.2, 0.25) is 0 Å². The van der Waals surface area contributed by atoms with E-state index in [0.717, 1.165) is 5.56 Å². The van der Waals surface area contributed by atoms with Gasteiger partial charge in [0.15, 0.2) is 5.84 Å². The average Bonchev–Trinajstić information content (AvgIpc) is 2.51. The summed E-state index contributed by atoms with van der Waals surface area (Å²) in [6.07, 6.45) is 1.71. The molecule has 0 radical (unpaired) electrons. The van der Waals surface area contributed by atoms with E-state index in [1.165, 1.54) is 0 Å². The van der Waals surface area contributed by atoms with Gasteiger partial charge in [-0.15, -0.1) is 0 Å². The van der Waals surface area contributed by atoms with Crippen LogP contribution in [0.5, 0.6) is 0 Å². The maximum absolute atomic E-state index is 11.2. The predicted molar refractivity (Wildman–Crippen MR) is 54.2 cm³/mol. The Morgan fingerprint density at radius 3 is 2.57 bits per heavy atom. The van der Waals surface area contributed by atoms with Gasteiger partial charge >= 0.3 is 0 Å². The zero-order valence-electron chi connectivity index (χ0n) is 7.40. The minimum Gasteiger partial charge on any atom is -0.382 e. The van der Waals surface area contributed by atoms with Crippen LogP contribution >= 0.6 is 0 Å². The maximum Gasteiger partial charge on any atom is 0.275 e. The molecule has 4 nitrogen and oxygen atoms in total. The van der Waals surface area contributed by atoms with E-state index in [1.807, 2.05) is 30.3 Å². The van der Waals surface area contributed by atoms with Gasteiger partial charge in [-0.2, -0.15) is 5.10 Å². The Morgan fingerprint density at radius 2 is 2.00 bits per heavy atom. The van der Waals surface area contributed by atoms with Crippen LogP contribution in [0, 0.1) is 0 Å². The number of hydrogen-bond donors (Lipinski definition) is 2. The fraction of sp³-hybridized carbons (Fsp3) is 0. The summed E-state index contributed by atoms with van der Waals surface area (Å²) in [5.74, 6) is -0.0230. The van der Waals surface area contributed by atoms with Crippen molar-refractivity contribution in [1.29, 1.82) is 0 Å². The summed E-state index contributed by atoms with van der Waals surface area (Å²) in [6.45, 7) is 0. The van der Waals surface area contributed by atoms with Gasteiger partial charge in [-0.25, -0.2) is 5.43 Å². The van der Waals surface area contributed by atoms with Crippen LogP contribution in [0.25, 0.3) is 6.08 Å². The maximum atomic E-state index is 11.2. The van der Waals surface area contributed by atoms with Crippen molar-refractivity contribution in [3.8, 4) is 0 Å². The van der Waals surface area contributed by atoms with Crippen molar-refractivity contribution in [2.24, 2.45) is 10.8 Å². The Morgan fingerprint density at radius 1 is 1.29 bits per heavy atom. The van der Waals surface area contributed by atoms with Gasteiger partial charge in [0, 0.05) is 0 Å². The Bertz CT molecular complexity index is 420. The molecule has 14 heavy (non-hydrogen) atoms. The van der Waals surface area contributed by atoms with E-state index < -0.39 is 0 Å². The van der Waals surface area contributed by atoms with E-state index >= 15 is 0 Å². The Labute approximate surface area is 81.1 Å². The lowest BCUT2D eigenvalue weighted by molar-refractivity contribution is -0.116. The second-order valence-electron chi connectivity index (χ2n) is 2.91. The van der Waals surface area contributed by atoms with E-state index in [1.54, 1.807) is 6.08 Å². The van der Waals surface area contributed by atoms with Crippen LogP contribution in [0.1, 0.15) is 5.56 Å². The van der Waals surface area contributed by atoms with Gasteiger partial charge in [0.1, 0.15) is 0 Å². The highest BCUT2D eigenvalue weighted by Gasteiger charge is 2.19. The lowest BCUT2D eigenvalue weighted by Gasteiger charge is -1.95. The van der Waals surface area contributed by atoms with E-state index in [0.29, 0.717) is 5.57 Å². The Balaban J connectivity index is 2.36. The second kappa shape index (κ2) is 3.33. The van der Waals surface area contributed by atoms with Crippen LogP contribution in [0.3, 0.4) is 0 Å². The number of nitrogens with one attached hydrogen (secondary N) is 1. The van der Waals surface area contributed by atoms with E-state index in [2.05, 4.69) is 10.5 Å². The molecule has 0 saturated carbocycles. The third-order valence-electron chi connectivity index (χ3n) is 1.91. The quantitative estimate of drug-likeness (QED) is 0.627. The Kier molecular flexibility index (Phi) is 2.02. The predicted octanol–water partition coefficient (Wildman–Crippen LogP) is 0.472. The molecule has 2 rings (SSSR count). The van der Waals surface area contributed by atoms with E-state index in [4.69, 9.17) is 5.73 Å². The zero-order chi connectivity index (χ0) is 9.97. The van der Waals surface area contributed by atoms with Gasteiger partial charge in [-0.3, -0.25) is 4.79 Å². The van der Waals surface area contributed by atoms with Crippen LogP contribution in [0.15, 0.2) is 41.0 Å². The van der Waals surface area contributed by atoms with Crippen molar-refractivity contribution in [1.82, 2.24) is 5.43 Å². The molecular weight excluding hydrogens is 178 g/mol. The molecule has 1 aromatic carbocycles. The summed E-state index contributed by atoms with van der Waals surface area (Å²) in [5, 5.41) is 3.62. The van der Waals surface area contributed by atoms with Crippen molar-refractivity contribution in [2.45, 2.75) is 0 Å². The van der Waals surface area contributed by atoms with Crippen LogP contribution in [-0.2, 0) is 4.79 Å². The van der Waals surface area contributed by atoms with Crippen LogP contribution in [-0.4, -0.2) is 11.7 Å². The van der Waals surface area contributed by atoms with Crippen molar-refractivity contribution in [3.63, 3.8) is 0 Å². The van der Waals surface area contributed by atoms with Crippen molar-refractivity contribution in [3.05, 3.63) is 41.5 Å². The first kappa shape index (κ1) is 8.50. The standard InChI is InChI=1S/C10H9N3O/c11-9-8(10(14)13-12-9)6-7-4-2-1-3-5-7/h1-6H,(H2,11,12)(H,13,14)/b8-6+. The van der Waals surface area contributed by atoms with Crippen LogP contribution in [0.2, 0.25) is 0 Å². The largest absolute Gasteiger partial charge is 0.382 e. The second-order valence-corrected chi connectivity index (χ2v) is 2.91. The molecule has 3 N–H and O–H groups in total. The highest BCUT2D eigenvalue weighted by Crippen LogP contribution is 2.09. The first-order valence-electron chi connectivity index (χ1n) is 4.18. The van der Waals surface area contributed by atoms with Crippen molar-refractivity contribution < 1.29 is 4.79 Å². The summed E-state index contributed by atoms with van der Waals surface area (Å²) >= 11 is 0. The van der Waals surface area contributed by atoms with Crippen molar-refractivity contribution >= 4 is 17.8 Å². The lowest BCUT2D eigenvalue weighted by atomic mass is 10.1. The molecule has 0 aliphatic carbocycles. The molecule has 70 valence electrons. The van der Waals surface area contributed by atoms with E-state index in [-0.39, 0.29) is 11.7 Å². The van der Waals surface area contributed by atoms with Crippen molar-refractivity contribution in [2.75, 3.05) is 0 Å². The molecule has 0 unspecified atom stereocenters. The molecule has 0 spiro atoms. The summed E-state index contributed by atoms with van der Waals surface area (Å²) in [5.41, 5.74) is 9.15. The molecule has 0 bridgehead atoms. The van der Waals surface area contributed by atoms with Gasteiger partial charge in [0.25, 0.3) is 5.91 Å². The van der Waals surface area contributed by atoms with E-state index in [9.17, 15) is 4.79 Å². The number of nitrogens with two attached hydrogens (primary N) is 1. The molecule has 0 atom stereocenters. The highest BCUT2D eigenvalue weighted by atomic mass is 16.2. The molecule has 4 heteroatoms. The number of hydrazone groups is 1. The van der Waals surface area contributed by atoms with Gasteiger partial charge < -0.3 is 5.73 Å². The number of rotatable bonds is 1. The van der Waals surface area contributed by atoms with Gasteiger partial charge in [-0.05, 0) is 11.6 Å². The average molecular weight is 187 g/mol. The molecular formula is C10H9N3O. The number of hydrogen-bond acceptors (Lipinski definition) is 3. The first-order valence-corrected chi connectivity index (χ1v) is 4.18. The number of amides is 1. The summed E-state index contributed by atoms with van der Waals surface area (Å²) in [6, 6.07) is 9.49. The smallest absolute Gasteiger partial charge is 0.275 e. The topological polar surface area (TPSA) is 67.5 Å². The molecule has 0 saturated heterocycles. The lowest BCUT2D eigenvalue weighted by Crippen LogP contribution is -2.16. The first-order chi connectivity index (χ1) is 6.77. The molecule has 1 aliphatic rings. The fourth-order valence-electron chi connectivity index (χ4n) is 1.20. The minimum absolute atomic E-state index is 0.235. The summed E-state index contributed by atoms with van der Waals surface area (Å²) in [7, 11) is 0. The Hall–Kier alpha value is -2.10. The van der Waals surface area contributed by atoms with Gasteiger partial charge in [-0.1, -0.05) is 30.3 Å². The fourth-order valence-corrected chi connectivity index (χ4v) is 1.20. The highest BCUT2D eigenvalue weighted by molar-refractivity contribution is 6.26. The number of carbonyl (C=O) groups excluding carboxylic acids is 1. The minimum atomic E-state index is -0.258. The SMILES string of the molecule is NC1=NNC(=O)/C1=C/c1ccccc1. The van der Waals surface area contributed by atoms with Crippen LogP contribution in [0.4, 0.5) is 0 Å². The number of nitrogens with zero attached hydrogens (tertiary/aromatic N) is 1. The zero-order valence-corrected chi connectivity index (χ0v) is 7.40. The number of carbonyl (C=O) groups is 1. The normalized spacial score (nSPS) is 18.1. The number of benzene rings is 1. The summed E-state index contributed by atoms with van der Waals surface area (Å²) in [4.78, 5) is 11.2. The molecule has 1 heterocycles. The molecule has 0 aromatic heterocycles. The molecule has 1 aliphatic heterocycles. The molecule has 1 amide bonds. The number of amidine groups is 1. The molecule has 1 aromatic rings. The monoisotopic (exact) mass is 187 g/mol.